The molecule has 0 aliphatic carbocycles. The van der Waals surface area contributed by atoms with Crippen LogP contribution in [0, 0.1) is 0 Å². The van der Waals surface area contributed by atoms with Crippen molar-refractivity contribution >= 4 is 39.1 Å². The molecule has 0 fully saturated rings. The summed E-state index contributed by atoms with van der Waals surface area (Å²) in [5.74, 6) is 0.578. The summed E-state index contributed by atoms with van der Waals surface area (Å²) in [7, 11) is 1.61. The highest BCUT2D eigenvalue weighted by Crippen LogP contribution is 2.35. The van der Waals surface area contributed by atoms with Gasteiger partial charge in [0.25, 0.3) is 11.8 Å². The molecule has 9 heteroatoms. The van der Waals surface area contributed by atoms with Gasteiger partial charge in [0.05, 0.1) is 18.9 Å². The van der Waals surface area contributed by atoms with Crippen molar-refractivity contribution in [3.05, 3.63) is 87.8 Å². The highest BCUT2D eigenvalue weighted by atomic mass is 79.9. The van der Waals surface area contributed by atoms with E-state index in [1.54, 1.807) is 25.4 Å². The van der Waals surface area contributed by atoms with E-state index in [4.69, 9.17) is 15.2 Å². The number of thiazole rings is 1. The predicted molar refractivity (Wildman–Crippen MR) is 140 cm³/mol. The fourth-order valence-electron chi connectivity index (χ4n) is 3.33. The van der Waals surface area contributed by atoms with Crippen LogP contribution < -0.4 is 20.5 Å². The molecular weight excluding hydrogens is 530 g/mol. The van der Waals surface area contributed by atoms with E-state index in [9.17, 15) is 9.59 Å². The molecule has 0 saturated heterocycles. The Hall–Kier alpha value is -3.69. The molecular formula is C26H22BrN3O4S. The van der Waals surface area contributed by atoms with Gasteiger partial charge in [0.1, 0.15) is 21.4 Å². The van der Waals surface area contributed by atoms with Gasteiger partial charge in [0, 0.05) is 11.0 Å². The maximum Gasteiger partial charge on any atom is 0.263 e. The molecule has 7 nitrogen and oxygen atoms in total. The first-order valence-corrected chi connectivity index (χ1v) is 12.2. The van der Waals surface area contributed by atoms with Crippen molar-refractivity contribution in [1.29, 1.82) is 0 Å². The number of nitrogens with one attached hydrogen (secondary N) is 1. The largest absolute Gasteiger partial charge is 0.496 e. The first-order chi connectivity index (χ1) is 16.9. The maximum absolute atomic E-state index is 12.7. The molecule has 0 atom stereocenters. The lowest BCUT2D eigenvalue weighted by Gasteiger charge is -2.08. The molecule has 4 rings (SSSR count). The molecule has 3 aromatic carbocycles. The zero-order valence-electron chi connectivity index (χ0n) is 18.8. The monoisotopic (exact) mass is 551 g/mol. The van der Waals surface area contributed by atoms with Crippen LogP contribution >= 0.6 is 27.3 Å². The lowest BCUT2D eigenvalue weighted by molar-refractivity contribution is -0.119. The third kappa shape index (κ3) is 6.26. The van der Waals surface area contributed by atoms with Gasteiger partial charge in [-0.2, -0.15) is 0 Å². The summed E-state index contributed by atoms with van der Waals surface area (Å²) < 4.78 is 11.6. The summed E-state index contributed by atoms with van der Waals surface area (Å²) >= 11 is 4.78. The molecule has 4 aromatic rings. The molecule has 0 saturated carbocycles. The number of benzene rings is 3. The van der Waals surface area contributed by atoms with E-state index in [0.29, 0.717) is 27.9 Å². The Morgan fingerprint density at radius 3 is 2.37 bits per heavy atom. The van der Waals surface area contributed by atoms with Crippen LogP contribution in [0.2, 0.25) is 0 Å². The van der Waals surface area contributed by atoms with Crippen LogP contribution in [0.1, 0.15) is 15.2 Å². The minimum absolute atomic E-state index is 0.152. The number of hydrogen-bond acceptors (Lipinski definition) is 6. The summed E-state index contributed by atoms with van der Waals surface area (Å²) in [4.78, 5) is 28.4. The lowest BCUT2D eigenvalue weighted by atomic mass is 10.0. The minimum atomic E-state index is -0.516. The van der Waals surface area contributed by atoms with Crippen molar-refractivity contribution in [2.24, 2.45) is 5.73 Å². The summed E-state index contributed by atoms with van der Waals surface area (Å²) in [6, 6.07) is 21.0. The molecule has 1 heterocycles. The third-order valence-corrected chi connectivity index (χ3v) is 6.62. The first-order valence-electron chi connectivity index (χ1n) is 10.6. The van der Waals surface area contributed by atoms with Gasteiger partial charge in [-0.15, -0.1) is 11.3 Å². The van der Waals surface area contributed by atoms with Crippen LogP contribution in [0.25, 0.3) is 21.7 Å². The molecule has 35 heavy (non-hydrogen) atoms. The molecule has 0 aliphatic heterocycles. The Morgan fingerprint density at radius 2 is 1.71 bits per heavy atom. The molecule has 0 radical (unpaired) electrons. The van der Waals surface area contributed by atoms with Crippen LogP contribution in [-0.4, -0.2) is 30.5 Å². The van der Waals surface area contributed by atoms with Crippen LogP contribution in [-0.2, 0) is 11.3 Å². The number of carbonyl (C=O) groups is 2. The quantitative estimate of drug-likeness (QED) is 0.303. The number of rotatable bonds is 9. The molecule has 1 aromatic heterocycles. The van der Waals surface area contributed by atoms with Crippen molar-refractivity contribution in [2.45, 2.75) is 6.54 Å². The number of methoxy groups -OCH3 is 1. The number of nitrogens with zero attached hydrogens (tertiary/aromatic N) is 1. The number of carbonyl (C=O) groups excluding carboxylic acids is 2. The zero-order valence-corrected chi connectivity index (χ0v) is 21.2. The highest BCUT2D eigenvalue weighted by Gasteiger charge is 2.15. The van der Waals surface area contributed by atoms with Gasteiger partial charge in [0.2, 0.25) is 0 Å². The van der Waals surface area contributed by atoms with E-state index in [1.165, 1.54) is 11.3 Å². The van der Waals surface area contributed by atoms with Gasteiger partial charge in [-0.3, -0.25) is 9.59 Å². The van der Waals surface area contributed by atoms with Gasteiger partial charge in [-0.05, 0) is 47.0 Å². The van der Waals surface area contributed by atoms with Crippen molar-refractivity contribution in [3.8, 4) is 33.2 Å². The van der Waals surface area contributed by atoms with Gasteiger partial charge in [0.15, 0.2) is 6.61 Å². The summed E-state index contributed by atoms with van der Waals surface area (Å²) in [5.41, 5.74) is 8.93. The molecule has 178 valence electrons. The number of primary amides is 1. The fraction of sp³-hybridized carbons (Fsp3) is 0.115. The third-order valence-electron chi connectivity index (χ3n) is 5.10. The predicted octanol–water partition coefficient (Wildman–Crippen LogP) is 5.04. The zero-order chi connectivity index (χ0) is 24.8. The second-order valence-electron chi connectivity index (χ2n) is 7.53. The maximum atomic E-state index is 12.7. The Labute approximate surface area is 215 Å². The number of nitrogens with two attached hydrogens (primary N) is 1. The first kappa shape index (κ1) is 24.4. The van der Waals surface area contributed by atoms with Gasteiger partial charge >= 0.3 is 0 Å². The van der Waals surface area contributed by atoms with Gasteiger partial charge < -0.3 is 20.5 Å². The minimum Gasteiger partial charge on any atom is -0.496 e. The van der Waals surface area contributed by atoms with Crippen molar-refractivity contribution in [3.63, 3.8) is 0 Å². The van der Waals surface area contributed by atoms with Crippen LogP contribution in [0.5, 0.6) is 11.5 Å². The van der Waals surface area contributed by atoms with E-state index in [2.05, 4.69) is 26.2 Å². The Morgan fingerprint density at radius 1 is 1.03 bits per heavy atom. The highest BCUT2D eigenvalue weighted by molar-refractivity contribution is 9.10. The average molecular weight is 552 g/mol. The molecule has 2 amide bonds. The summed E-state index contributed by atoms with van der Waals surface area (Å²) in [6.07, 6.45) is 1.58. The van der Waals surface area contributed by atoms with E-state index < -0.39 is 5.91 Å². The standard InChI is InChI=1S/C26H22BrN3O4S/c1-33-22-11-8-19(27)12-21(22)26-30-14-23(35-26)25(32)29-13-16-2-4-17(5-3-16)18-6-9-20(10-7-18)34-15-24(28)31/h2-12,14H,13,15H2,1H3,(H2,28,31)(H,29,32). The second kappa shape index (κ2) is 11.2. The smallest absolute Gasteiger partial charge is 0.263 e. The summed E-state index contributed by atoms with van der Waals surface area (Å²) in [5, 5.41) is 3.66. The van der Waals surface area contributed by atoms with Crippen molar-refractivity contribution in [1.82, 2.24) is 10.3 Å². The molecule has 0 aliphatic rings. The number of aromatic nitrogens is 1. The Kier molecular flexibility index (Phi) is 7.79. The van der Waals surface area contributed by atoms with E-state index >= 15 is 0 Å². The van der Waals surface area contributed by atoms with Crippen molar-refractivity contribution in [2.75, 3.05) is 13.7 Å². The topological polar surface area (TPSA) is 104 Å². The Balaban J connectivity index is 1.36. The molecule has 0 bridgehead atoms. The van der Waals surface area contributed by atoms with Gasteiger partial charge in [-0.25, -0.2) is 4.98 Å². The SMILES string of the molecule is COc1ccc(Br)cc1-c1ncc(C(=O)NCc2ccc(-c3ccc(OCC(N)=O)cc3)cc2)s1. The lowest BCUT2D eigenvalue weighted by Crippen LogP contribution is -2.21. The average Bonchev–Trinajstić information content (AvgIpc) is 3.37. The normalized spacial score (nSPS) is 10.6. The number of halogens is 1. The van der Waals surface area contributed by atoms with E-state index in [0.717, 1.165) is 26.7 Å². The number of amides is 2. The Bertz CT molecular complexity index is 1340. The number of ether oxygens (including phenoxy) is 2. The van der Waals surface area contributed by atoms with Crippen LogP contribution in [0.15, 0.2) is 77.4 Å². The van der Waals surface area contributed by atoms with Crippen LogP contribution in [0.4, 0.5) is 0 Å². The van der Waals surface area contributed by atoms with Gasteiger partial charge in [-0.1, -0.05) is 52.3 Å². The molecule has 0 spiro atoms. The second-order valence-corrected chi connectivity index (χ2v) is 9.48. The molecule has 0 unspecified atom stereocenters. The van der Waals surface area contributed by atoms with E-state index in [1.807, 2.05) is 54.6 Å². The summed E-state index contributed by atoms with van der Waals surface area (Å²) in [6.45, 7) is 0.243. The number of hydrogen-bond donors (Lipinski definition) is 2. The van der Waals surface area contributed by atoms with Crippen molar-refractivity contribution < 1.29 is 19.1 Å². The fourth-order valence-corrected chi connectivity index (χ4v) is 4.55. The molecule has 3 N–H and O–H groups in total. The van der Waals surface area contributed by atoms with Crippen LogP contribution in [0.3, 0.4) is 0 Å². The van der Waals surface area contributed by atoms with E-state index in [-0.39, 0.29) is 12.5 Å².